The SMILES string of the molecule is NCc1ccc(Br)cc1Sc1nc2ccccc2s1. The minimum absolute atomic E-state index is 0.542. The van der Waals surface area contributed by atoms with Gasteiger partial charge in [0.05, 0.1) is 10.2 Å². The van der Waals surface area contributed by atoms with Gasteiger partial charge in [-0.2, -0.15) is 0 Å². The van der Waals surface area contributed by atoms with Crippen molar-refractivity contribution in [2.75, 3.05) is 0 Å². The molecule has 0 atom stereocenters. The molecule has 0 spiro atoms. The molecule has 3 rings (SSSR count). The highest BCUT2D eigenvalue weighted by molar-refractivity contribution is 9.10. The van der Waals surface area contributed by atoms with Crippen LogP contribution in [0.5, 0.6) is 0 Å². The van der Waals surface area contributed by atoms with Gasteiger partial charge in [0.2, 0.25) is 0 Å². The molecule has 0 aliphatic carbocycles. The summed E-state index contributed by atoms with van der Waals surface area (Å²) in [7, 11) is 0. The zero-order valence-corrected chi connectivity index (χ0v) is 13.2. The molecule has 5 heteroatoms. The van der Waals surface area contributed by atoms with Crippen molar-refractivity contribution >= 4 is 49.2 Å². The summed E-state index contributed by atoms with van der Waals surface area (Å²) in [5.41, 5.74) is 7.98. The van der Waals surface area contributed by atoms with E-state index in [0.717, 1.165) is 24.8 Å². The Morgan fingerprint density at radius 2 is 2.05 bits per heavy atom. The Hall–Kier alpha value is -0.880. The summed E-state index contributed by atoms with van der Waals surface area (Å²) in [5, 5.41) is 0. The number of hydrogen-bond donors (Lipinski definition) is 1. The lowest BCUT2D eigenvalue weighted by molar-refractivity contribution is 1.02. The van der Waals surface area contributed by atoms with Gasteiger partial charge < -0.3 is 5.73 Å². The normalized spacial score (nSPS) is 11.1. The van der Waals surface area contributed by atoms with Crippen LogP contribution in [0, 0.1) is 0 Å². The highest BCUT2D eigenvalue weighted by Crippen LogP contribution is 2.36. The fourth-order valence-electron chi connectivity index (χ4n) is 1.78. The number of para-hydroxylation sites is 1. The van der Waals surface area contributed by atoms with Crippen LogP contribution >= 0.6 is 39.0 Å². The van der Waals surface area contributed by atoms with Crippen molar-refractivity contribution in [2.45, 2.75) is 15.8 Å². The Morgan fingerprint density at radius 1 is 1.21 bits per heavy atom. The molecule has 0 saturated carbocycles. The summed E-state index contributed by atoms with van der Waals surface area (Å²) >= 11 is 6.89. The molecule has 0 amide bonds. The molecule has 0 bridgehead atoms. The fourth-order valence-corrected chi connectivity index (χ4v) is 4.50. The Bertz CT molecular complexity index is 691. The summed E-state index contributed by atoms with van der Waals surface area (Å²) in [5.74, 6) is 0. The van der Waals surface area contributed by atoms with Crippen molar-refractivity contribution < 1.29 is 0 Å². The standard InChI is InChI=1S/C14H11BrN2S2/c15-10-6-5-9(8-16)13(7-10)19-14-17-11-3-1-2-4-12(11)18-14/h1-7H,8,16H2. The van der Waals surface area contributed by atoms with E-state index in [-0.39, 0.29) is 0 Å². The second-order valence-corrected chi connectivity index (χ2v) is 7.24. The second-order valence-electron chi connectivity index (χ2n) is 4.01. The molecule has 2 N–H and O–H groups in total. The minimum Gasteiger partial charge on any atom is -0.326 e. The van der Waals surface area contributed by atoms with Gasteiger partial charge in [-0.15, -0.1) is 11.3 Å². The Morgan fingerprint density at radius 3 is 2.84 bits per heavy atom. The average Bonchev–Trinajstić information content (AvgIpc) is 2.81. The number of halogens is 1. The monoisotopic (exact) mass is 350 g/mol. The maximum absolute atomic E-state index is 5.78. The molecule has 0 aliphatic heterocycles. The van der Waals surface area contributed by atoms with Gasteiger partial charge in [-0.1, -0.05) is 45.9 Å². The van der Waals surface area contributed by atoms with Crippen molar-refractivity contribution in [2.24, 2.45) is 5.73 Å². The molecule has 19 heavy (non-hydrogen) atoms. The summed E-state index contributed by atoms with van der Waals surface area (Å²) in [4.78, 5) is 5.80. The highest BCUT2D eigenvalue weighted by atomic mass is 79.9. The number of aromatic nitrogens is 1. The van der Waals surface area contributed by atoms with Gasteiger partial charge in [-0.05, 0) is 29.8 Å². The molecular formula is C14H11BrN2S2. The van der Waals surface area contributed by atoms with Crippen LogP contribution in [0.25, 0.3) is 10.2 Å². The van der Waals surface area contributed by atoms with Gasteiger partial charge >= 0.3 is 0 Å². The van der Waals surface area contributed by atoms with Crippen molar-refractivity contribution in [3.8, 4) is 0 Å². The first-order chi connectivity index (χ1) is 9.26. The zero-order chi connectivity index (χ0) is 13.2. The van der Waals surface area contributed by atoms with Crippen LogP contribution in [-0.4, -0.2) is 4.98 Å². The molecule has 2 aromatic carbocycles. The number of hydrogen-bond acceptors (Lipinski definition) is 4. The van der Waals surface area contributed by atoms with Gasteiger partial charge in [-0.3, -0.25) is 0 Å². The van der Waals surface area contributed by atoms with Crippen molar-refractivity contribution in [3.05, 3.63) is 52.5 Å². The number of nitrogens with zero attached hydrogens (tertiary/aromatic N) is 1. The topological polar surface area (TPSA) is 38.9 Å². The van der Waals surface area contributed by atoms with Crippen LogP contribution < -0.4 is 5.73 Å². The van der Waals surface area contributed by atoms with Gasteiger partial charge in [-0.25, -0.2) is 4.98 Å². The lowest BCUT2D eigenvalue weighted by Crippen LogP contribution is -1.97. The first-order valence-corrected chi connectivity index (χ1v) is 8.21. The number of fused-ring (bicyclic) bond motifs is 1. The van der Waals surface area contributed by atoms with Gasteiger partial charge in [0.25, 0.3) is 0 Å². The third-order valence-electron chi connectivity index (χ3n) is 2.72. The van der Waals surface area contributed by atoms with Crippen LogP contribution in [-0.2, 0) is 6.54 Å². The quantitative estimate of drug-likeness (QED) is 0.745. The van der Waals surface area contributed by atoms with Crippen LogP contribution in [0.4, 0.5) is 0 Å². The summed E-state index contributed by atoms with van der Waals surface area (Å²) in [6, 6.07) is 14.4. The van der Waals surface area contributed by atoms with Crippen LogP contribution in [0.15, 0.2) is 56.2 Å². The van der Waals surface area contributed by atoms with Crippen LogP contribution in [0.2, 0.25) is 0 Å². The van der Waals surface area contributed by atoms with E-state index in [9.17, 15) is 0 Å². The molecule has 2 nitrogen and oxygen atoms in total. The molecule has 0 fully saturated rings. The maximum atomic E-state index is 5.78. The molecule has 0 radical (unpaired) electrons. The second kappa shape index (κ2) is 5.63. The number of rotatable bonds is 3. The Labute approximate surface area is 128 Å². The van der Waals surface area contributed by atoms with E-state index in [1.54, 1.807) is 23.1 Å². The van der Waals surface area contributed by atoms with E-state index in [1.807, 2.05) is 24.3 Å². The third-order valence-corrected chi connectivity index (χ3v) is 5.41. The molecule has 3 aromatic rings. The maximum Gasteiger partial charge on any atom is 0.155 e. The largest absolute Gasteiger partial charge is 0.326 e. The van der Waals surface area contributed by atoms with Crippen LogP contribution in [0.1, 0.15) is 5.56 Å². The van der Waals surface area contributed by atoms with Crippen LogP contribution in [0.3, 0.4) is 0 Å². The molecule has 96 valence electrons. The number of benzene rings is 2. The highest BCUT2D eigenvalue weighted by Gasteiger charge is 2.08. The predicted molar refractivity (Wildman–Crippen MR) is 85.8 cm³/mol. The minimum atomic E-state index is 0.542. The fraction of sp³-hybridized carbons (Fsp3) is 0.0714. The molecule has 1 heterocycles. The molecule has 0 saturated heterocycles. The lowest BCUT2D eigenvalue weighted by Gasteiger charge is -2.05. The van der Waals surface area contributed by atoms with E-state index >= 15 is 0 Å². The summed E-state index contributed by atoms with van der Waals surface area (Å²) < 4.78 is 3.33. The summed E-state index contributed by atoms with van der Waals surface area (Å²) in [6.45, 7) is 0.542. The number of nitrogens with two attached hydrogens (primary N) is 1. The van der Waals surface area contributed by atoms with Crippen molar-refractivity contribution in [1.82, 2.24) is 4.98 Å². The van der Waals surface area contributed by atoms with E-state index < -0.39 is 0 Å². The van der Waals surface area contributed by atoms with Gasteiger partial charge in [0.15, 0.2) is 4.34 Å². The van der Waals surface area contributed by atoms with Gasteiger partial charge in [0, 0.05) is 15.9 Å². The first-order valence-electron chi connectivity index (χ1n) is 5.78. The molecule has 0 unspecified atom stereocenters. The Balaban J connectivity index is 1.98. The average molecular weight is 351 g/mol. The Kier molecular flexibility index (Phi) is 3.88. The van der Waals surface area contributed by atoms with E-state index in [0.29, 0.717) is 6.54 Å². The molecule has 0 aliphatic rings. The lowest BCUT2D eigenvalue weighted by atomic mass is 10.2. The van der Waals surface area contributed by atoms with Crippen molar-refractivity contribution in [3.63, 3.8) is 0 Å². The predicted octanol–water partition coefficient (Wildman–Crippen LogP) is 4.67. The van der Waals surface area contributed by atoms with Gasteiger partial charge in [0.1, 0.15) is 0 Å². The van der Waals surface area contributed by atoms with E-state index in [2.05, 4.69) is 39.1 Å². The summed E-state index contributed by atoms with van der Waals surface area (Å²) in [6.07, 6.45) is 0. The van der Waals surface area contributed by atoms with Crippen molar-refractivity contribution in [1.29, 1.82) is 0 Å². The third kappa shape index (κ3) is 2.84. The first kappa shape index (κ1) is 13.1. The number of thiazole rings is 1. The molecular weight excluding hydrogens is 340 g/mol. The van der Waals surface area contributed by atoms with E-state index in [1.165, 1.54) is 4.70 Å². The van der Waals surface area contributed by atoms with E-state index in [4.69, 9.17) is 5.73 Å². The smallest absolute Gasteiger partial charge is 0.155 e. The molecule has 1 aromatic heterocycles. The zero-order valence-electron chi connectivity index (χ0n) is 9.97.